The van der Waals surface area contributed by atoms with E-state index < -0.39 is 0 Å². The molecule has 31 heavy (non-hydrogen) atoms. The van der Waals surface area contributed by atoms with Crippen LogP contribution >= 0.6 is 35.7 Å². The van der Waals surface area contributed by atoms with Crippen molar-refractivity contribution in [2.24, 2.45) is 10.9 Å². The van der Waals surface area contributed by atoms with E-state index in [1.54, 1.807) is 25.9 Å². The van der Waals surface area contributed by atoms with E-state index in [-0.39, 0.29) is 35.8 Å². The van der Waals surface area contributed by atoms with Gasteiger partial charge in [0.2, 0.25) is 5.91 Å². The normalized spacial score (nSPS) is 16.4. The van der Waals surface area contributed by atoms with Crippen molar-refractivity contribution in [2.75, 3.05) is 38.3 Å². The van der Waals surface area contributed by atoms with Crippen LogP contribution in [0.15, 0.2) is 58.4 Å². The summed E-state index contributed by atoms with van der Waals surface area (Å²) in [5, 5.41) is 9.73. The average Bonchev–Trinajstić information content (AvgIpc) is 2.77. The molecule has 0 saturated heterocycles. The summed E-state index contributed by atoms with van der Waals surface area (Å²) < 4.78 is 5.42. The van der Waals surface area contributed by atoms with Gasteiger partial charge in [0.15, 0.2) is 5.96 Å². The number of rotatable bonds is 8. The summed E-state index contributed by atoms with van der Waals surface area (Å²) in [6, 6.07) is 16.1. The van der Waals surface area contributed by atoms with Crippen LogP contribution in [0, 0.1) is 5.92 Å². The zero-order chi connectivity index (χ0) is 21.3. The first kappa shape index (κ1) is 25.3. The van der Waals surface area contributed by atoms with Gasteiger partial charge in [0.05, 0.1) is 7.11 Å². The number of guanidine groups is 1. The largest absolute Gasteiger partial charge is 0.496 e. The molecule has 3 rings (SSSR count). The number of aliphatic imine (C=N–C) groups is 1. The van der Waals surface area contributed by atoms with Crippen molar-refractivity contribution in [1.82, 2.24) is 10.6 Å². The molecular formula is C23H31IN4O2S. The molecule has 1 aliphatic heterocycles. The topological polar surface area (TPSA) is 74.8 Å². The molecule has 0 radical (unpaired) electrons. The summed E-state index contributed by atoms with van der Waals surface area (Å²) in [5.41, 5.74) is 2.08. The molecule has 6 nitrogen and oxygen atoms in total. The van der Waals surface area contributed by atoms with Gasteiger partial charge in [0.25, 0.3) is 0 Å². The summed E-state index contributed by atoms with van der Waals surface area (Å²) in [6.07, 6.45) is 0.479. The molecule has 2 aromatic rings. The molecule has 0 aliphatic carbocycles. The van der Waals surface area contributed by atoms with Crippen LogP contribution < -0.4 is 20.7 Å². The van der Waals surface area contributed by atoms with Gasteiger partial charge in [-0.3, -0.25) is 9.79 Å². The van der Waals surface area contributed by atoms with E-state index in [0.717, 1.165) is 34.6 Å². The molecule has 0 aromatic heterocycles. The number of thioether (sulfide) groups is 1. The second-order valence-electron chi connectivity index (χ2n) is 7.44. The molecular weight excluding hydrogens is 523 g/mol. The van der Waals surface area contributed by atoms with Crippen molar-refractivity contribution in [3.05, 3.63) is 54.1 Å². The van der Waals surface area contributed by atoms with Gasteiger partial charge >= 0.3 is 0 Å². The number of carbonyl (C=O) groups is 1. The van der Waals surface area contributed by atoms with E-state index in [0.29, 0.717) is 18.9 Å². The van der Waals surface area contributed by atoms with E-state index in [2.05, 4.69) is 40.0 Å². The van der Waals surface area contributed by atoms with Crippen molar-refractivity contribution in [3.8, 4) is 5.75 Å². The fourth-order valence-electron chi connectivity index (χ4n) is 3.42. The van der Waals surface area contributed by atoms with Crippen molar-refractivity contribution in [3.63, 3.8) is 0 Å². The van der Waals surface area contributed by atoms with E-state index in [9.17, 15) is 4.79 Å². The number of hydrogen-bond acceptors (Lipinski definition) is 4. The van der Waals surface area contributed by atoms with E-state index in [4.69, 9.17) is 4.74 Å². The molecule has 0 fully saturated rings. The number of hydrogen-bond donors (Lipinski definition) is 3. The highest BCUT2D eigenvalue weighted by molar-refractivity contribution is 14.0. The Labute approximate surface area is 206 Å². The molecule has 0 saturated carbocycles. The molecule has 2 atom stereocenters. The van der Waals surface area contributed by atoms with Crippen LogP contribution in [0.25, 0.3) is 0 Å². The van der Waals surface area contributed by atoms with Crippen molar-refractivity contribution < 1.29 is 9.53 Å². The maximum Gasteiger partial charge on any atom is 0.225 e. The lowest BCUT2D eigenvalue weighted by Crippen LogP contribution is -2.42. The Balaban J connectivity index is 0.00000341. The van der Waals surface area contributed by atoms with Gasteiger partial charge in [-0.05, 0) is 29.7 Å². The fourth-order valence-corrected chi connectivity index (χ4v) is 4.47. The summed E-state index contributed by atoms with van der Waals surface area (Å²) in [6.45, 7) is 3.68. The Hall–Kier alpha value is -1.94. The van der Waals surface area contributed by atoms with E-state index in [1.807, 2.05) is 36.4 Å². The van der Waals surface area contributed by atoms with Crippen LogP contribution in [0.1, 0.15) is 24.8 Å². The highest BCUT2D eigenvalue weighted by atomic mass is 127. The van der Waals surface area contributed by atoms with Gasteiger partial charge < -0.3 is 20.7 Å². The van der Waals surface area contributed by atoms with Crippen LogP contribution in [0.2, 0.25) is 0 Å². The summed E-state index contributed by atoms with van der Waals surface area (Å²) >= 11 is 1.80. The molecule has 2 unspecified atom stereocenters. The number of carbonyl (C=O) groups excluding carboxylic acids is 1. The van der Waals surface area contributed by atoms with Gasteiger partial charge in [0.1, 0.15) is 5.75 Å². The number of anilines is 1. The molecule has 1 heterocycles. The third-order valence-corrected chi connectivity index (χ3v) is 6.44. The highest BCUT2D eigenvalue weighted by Gasteiger charge is 2.24. The maximum atomic E-state index is 12.0. The monoisotopic (exact) mass is 554 g/mol. The number of benzene rings is 2. The zero-order valence-corrected chi connectivity index (χ0v) is 21.3. The lowest BCUT2D eigenvalue weighted by atomic mass is 9.90. The predicted octanol–water partition coefficient (Wildman–Crippen LogP) is 4.33. The van der Waals surface area contributed by atoms with Crippen molar-refractivity contribution in [1.29, 1.82) is 0 Å². The van der Waals surface area contributed by atoms with E-state index >= 15 is 0 Å². The lowest BCUT2D eigenvalue weighted by Gasteiger charge is -2.26. The molecule has 1 amide bonds. The number of nitrogens with one attached hydrogen (secondary N) is 3. The predicted molar refractivity (Wildman–Crippen MR) is 140 cm³/mol. The smallest absolute Gasteiger partial charge is 0.225 e. The van der Waals surface area contributed by atoms with Crippen LogP contribution in [-0.2, 0) is 4.79 Å². The second-order valence-corrected chi connectivity index (χ2v) is 8.50. The molecule has 8 heteroatoms. The molecule has 1 aliphatic rings. The molecule has 0 spiro atoms. The standard InChI is InChI=1S/C23H30N4O2S.HI/c1-16(15-30-21-11-7-6-10-20(21)29-3)13-25-23(24-2)26-14-17-12-22(28)27-19-9-5-4-8-18(17)19;/h4-11,16-17H,12-15H2,1-3H3,(H,27,28)(H2,24,25,26);1H. The number of fused-ring (bicyclic) bond motifs is 1. The van der Waals surface area contributed by atoms with Crippen LogP contribution in [-0.4, -0.2) is 44.9 Å². The Bertz CT molecular complexity index is 893. The minimum Gasteiger partial charge on any atom is -0.496 e. The average molecular weight is 554 g/mol. The Morgan fingerprint density at radius 1 is 1.23 bits per heavy atom. The number of methoxy groups -OCH3 is 1. The van der Waals surface area contributed by atoms with Crippen LogP contribution in [0.5, 0.6) is 5.75 Å². The maximum absolute atomic E-state index is 12.0. The molecule has 168 valence electrons. The van der Waals surface area contributed by atoms with Gasteiger partial charge in [-0.2, -0.15) is 0 Å². The lowest BCUT2D eigenvalue weighted by molar-refractivity contribution is -0.116. The van der Waals surface area contributed by atoms with Crippen LogP contribution in [0.4, 0.5) is 5.69 Å². The number of nitrogens with zero attached hydrogens (tertiary/aromatic N) is 1. The first-order valence-corrected chi connectivity index (χ1v) is 11.2. The van der Waals surface area contributed by atoms with Crippen molar-refractivity contribution in [2.45, 2.75) is 24.2 Å². The Kier molecular flexibility index (Phi) is 10.5. The summed E-state index contributed by atoms with van der Waals surface area (Å²) in [4.78, 5) is 17.5. The van der Waals surface area contributed by atoms with Gasteiger partial charge in [0, 0.05) is 48.8 Å². The minimum atomic E-state index is 0. The molecule has 3 N–H and O–H groups in total. The number of amides is 1. The third-order valence-electron chi connectivity index (χ3n) is 5.06. The SMILES string of the molecule is CN=C(NCC(C)CSc1ccccc1OC)NCC1CC(=O)Nc2ccccc21.I. The minimum absolute atomic E-state index is 0. The number of halogens is 1. The molecule has 0 bridgehead atoms. The van der Waals surface area contributed by atoms with Crippen molar-refractivity contribution >= 4 is 53.3 Å². The second kappa shape index (κ2) is 12.8. The van der Waals surface area contributed by atoms with Gasteiger partial charge in [-0.25, -0.2) is 0 Å². The Morgan fingerprint density at radius 3 is 2.74 bits per heavy atom. The number of ether oxygens (including phenoxy) is 1. The highest BCUT2D eigenvalue weighted by Crippen LogP contribution is 2.31. The van der Waals surface area contributed by atoms with E-state index in [1.165, 1.54) is 5.56 Å². The van der Waals surface area contributed by atoms with Gasteiger partial charge in [-0.1, -0.05) is 37.3 Å². The molecule has 2 aromatic carbocycles. The summed E-state index contributed by atoms with van der Waals surface area (Å²) in [5.74, 6) is 3.28. The van der Waals surface area contributed by atoms with Gasteiger partial charge in [-0.15, -0.1) is 35.7 Å². The van der Waals surface area contributed by atoms with Crippen LogP contribution in [0.3, 0.4) is 0 Å². The Morgan fingerprint density at radius 2 is 1.97 bits per heavy atom. The third kappa shape index (κ3) is 7.31. The number of para-hydroxylation sites is 2. The fraction of sp³-hybridized carbons (Fsp3) is 0.391. The zero-order valence-electron chi connectivity index (χ0n) is 18.2. The summed E-state index contributed by atoms with van der Waals surface area (Å²) in [7, 11) is 3.47. The quantitative estimate of drug-likeness (QED) is 0.196. The first-order valence-electron chi connectivity index (χ1n) is 10.2. The first-order chi connectivity index (χ1) is 14.6.